The fraction of sp³-hybridized carbons (Fsp3) is 0.556. The van der Waals surface area contributed by atoms with Gasteiger partial charge in [0.15, 0.2) is 0 Å². The number of likely N-dealkylation sites (tertiary alicyclic amines) is 1. The molecule has 1 saturated heterocycles. The molecule has 8 heteroatoms. The van der Waals surface area contributed by atoms with Gasteiger partial charge >= 0.3 is 0 Å². The summed E-state index contributed by atoms with van der Waals surface area (Å²) in [4.78, 5) is 37.2. The lowest BCUT2D eigenvalue weighted by atomic mass is 10.1. The highest BCUT2D eigenvalue weighted by Crippen LogP contribution is 2.23. The van der Waals surface area contributed by atoms with Crippen LogP contribution in [0.1, 0.15) is 42.1 Å². The van der Waals surface area contributed by atoms with Gasteiger partial charge in [-0.2, -0.15) is 0 Å². The van der Waals surface area contributed by atoms with Crippen molar-refractivity contribution in [3.05, 3.63) is 39.4 Å². The zero-order chi connectivity index (χ0) is 19.1. The van der Waals surface area contributed by atoms with Gasteiger partial charge in [-0.25, -0.2) is 0 Å². The molecular weight excluding hydrogens is 336 g/mol. The van der Waals surface area contributed by atoms with Crippen LogP contribution in [-0.4, -0.2) is 53.9 Å². The Morgan fingerprint density at radius 2 is 2.08 bits per heavy atom. The van der Waals surface area contributed by atoms with E-state index in [1.165, 1.54) is 18.2 Å². The van der Waals surface area contributed by atoms with E-state index in [0.29, 0.717) is 37.2 Å². The average molecular weight is 362 g/mol. The van der Waals surface area contributed by atoms with E-state index in [9.17, 15) is 19.7 Å². The number of carbonyl (C=O) groups is 2. The summed E-state index contributed by atoms with van der Waals surface area (Å²) < 4.78 is 0. The zero-order valence-corrected chi connectivity index (χ0v) is 15.3. The molecule has 2 rings (SSSR count). The van der Waals surface area contributed by atoms with Gasteiger partial charge in [0.2, 0.25) is 5.91 Å². The van der Waals surface area contributed by atoms with Gasteiger partial charge in [0.1, 0.15) is 6.04 Å². The normalized spacial score (nSPS) is 16.5. The summed E-state index contributed by atoms with van der Waals surface area (Å²) in [6.07, 6.45) is 2.43. The molecule has 142 valence electrons. The number of benzene rings is 1. The Kier molecular flexibility index (Phi) is 7.08. The topological polar surface area (TPSA) is 105 Å². The highest BCUT2D eigenvalue weighted by molar-refractivity contribution is 5.98. The monoisotopic (exact) mass is 362 g/mol. The van der Waals surface area contributed by atoms with Crippen LogP contribution >= 0.6 is 0 Å². The van der Waals surface area contributed by atoms with Crippen molar-refractivity contribution in [2.75, 3.05) is 26.2 Å². The summed E-state index contributed by atoms with van der Waals surface area (Å²) >= 11 is 0. The quantitative estimate of drug-likeness (QED) is 0.415. The maximum absolute atomic E-state index is 12.8. The van der Waals surface area contributed by atoms with Crippen LogP contribution in [0.3, 0.4) is 0 Å². The molecule has 0 aliphatic carbocycles. The summed E-state index contributed by atoms with van der Waals surface area (Å²) in [5, 5.41) is 17.0. The summed E-state index contributed by atoms with van der Waals surface area (Å²) in [7, 11) is 0. The fourth-order valence-electron chi connectivity index (χ4n) is 3.14. The van der Waals surface area contributed by atoms with Crippen LogP contribution in [0.15, 0.2) is 18.2 Å². The molecule has 0 spiro atoms. The second-order valence-corrected chi connectivity index (χ2v) is 6.46. The summed E-state index contributed by atoms with van der Waals surface area (Å²) in [5.41, 5.74) is 0.789. The molecule has 1 aliphatic rings. The molecule has 2 amide bonds. The van der Waals surface area contributed by atoms with Crippen LogP contribution in [0.25, 0.3) is 0 Å². The molecular formula is C18H26N4O4. The number of nitrogens with one attached hydrogen (secondary N) is 2. The molecule has 1 aliphatic heterocycles. The van der Waals surface area contributed by atoms with Crippen LogP contribution in [0.2, 0.25) is 0 Å². The number of carbonyl (C=O) groups excluding carboxylic acids is 2. The molecule has 1 atom stereocenters. The standard InChI is InChI=1S/C18H26N4O4/c1-3-8-19-9-10-20-17(23)16-5-4-11-21(16)18(24)14-6-7-15(22(25)26)13(2)12-14/h6-7,12,16,19H,3-5,8-11H2,1-2H3,(H,20,23). The first-order valence-electron chi connectivity index (χ1n) is 9.00. The van der Waals surface area contributed by atoms with Gasteiger partial charge in [0, 0.05) is 36.8 Å². The van der Waals surface area contributed by atoms with Crippen molar-refractivity contribution in [2.45, 2.75) is 39.2 Å². The van der Waals surface area contributed by atoms with Crippen molar-refractivity contribution in [3.8, 4) is 0 Å². The maximum Gasteiger partial charge on any atom is 0.272 e. The predicted molar refractivity (Wildman–Crippen MR) is 98.1 cm³/mol. The first kappa shape index (κ1) is 19.8. The first-order valence-corrected chi connectivity index (χ1v) is 9.00. The number of nitro groups is 1. The third kappa shape index (κ3) is 4.78. The molecule has 1 fully saturated rings. The largest absolute Gasteiger partial charge is 0.353 e. The fourth-order valence-corrected chi connectivity index (χ4v) is 3.14. The Hall–Kier alpha value is -2.48. The lowest BCUT2D eigenvalue weighted by Crippen LogP contribution is -2.47. The van der Waals surface area contributed by atoms with E-state index in [1.54, 1.807) is 11.8 Å². The van der Waals surface area contributed by atoms with Crippen LogP contribution in [0, 0.1) is 17.0 Å². The molecule has 1 aromatic rings. The van der Waals surface area contributed by atoms with Crippen molar-refractivity contribution in [3.63, 3.8) is 0 Å². The number of nitro benzene ring substituents is 1. The maximum atomic E-state index is 12.8. The Bertz CT molecular complexity index is 677. The number of hydrogen-bond acceptors (Lipinski definition) is 5. The molecule has 1 aromatic carbocycles. The summed E-state index contributed by atoms with van der Waals surface area (Å²) in [6.45, 7) is 6.32. The minimum Gasteiger partial charge on any atom is -0.353 e. The minimum absolute atomic E-state index is 0.0168. The Morgan fingerprint density at radius 3 is 2.73 bits per heavy atom. The summed E-state index contributed by atoms with van der Waals surface area (Å²) in [6, 6.07) is 3.83. The highest BCUT2D eigenvalue weighted by atomic mass is 16.6. The van der Waals surface area contributed by atoms with Gasteiger partial charge in [0.25, 0.3) is 11.6 Å². The Labute approximate surface area is 153 Å². The van der Waals surface area contributed by atoms with Gasteiger partial charge in [-0.15, -0.1) is 0 Å². The Balaban J connectivity index is 2.00. The molecule has 2 N–H and O–H groups in total. The number of aryl methyl sites for hydroxylation is 1. The van der Waals surface area contributed by atoms with E-state index < -0.39 is 11.0 Å². The van der Waals surface area contributed by atoms with Crippen molar-refractivity contribution >= 4 is 17.5 Å². The van der Waals surface area contributed by atoms with Crippen molar-refractivity contribution < 1.29 is 14.5 Å². The third-order valence-corrected chi connectivity index (χ3v) is 4.48. The van der Waals surface area contributed by atoms with E-state index in [1.807, 2.05) is 0 Å². The second-order valence-electron chi connectivity index (χ2n) is 6.46. The van der Waals surface area contributed by atoms with Crippen LogP contribution in [0.4, 0.5) is 5.69 Å². The molecule has 0 aromatic heterocycles. The third-order valence-electron chi connectivity index (χ3n) is 4.48. The first-order chi connectivity index (χ1) is 12.5. The highest BCUT2D eigenvalue weighted by Gasteiger charge is 2.34. The van der Waals surface area contributed by atoms with Gasteiger partial charge in [-0.1, -0.05) is 6.92 Å². The molecule has 1 heterocycles. The van der Waals surface area contributed by atoms with E-state index in [4.69, 9.17) is 0 Å². The second kappa shape index (κ2) is 9.28. The number of amides is 2. The molecule has 1 unspecified atom stereocenters. The molecule has 0 radical (unpaired) electrons. The summed E-state index contributed by atoms with van der Waals surface area (Å²) in [5.74, 6) is -0.405. The number of rotatable bonds is 8. The van der Waals surface area contributed by atoms with Crippen LogP contribution in [0.5, 0.6) is 0 Å². The lowest BCUT2D eigenvalue weighted by Gasteiger charge is -2.24. The van der Waals surface area contributed by atoms with Crippen molar-refractivity contribution in [2.24, 2.45) is 0 Å². The van der Waals surface area contributed by atoms with Gasteiger partial charge in [-0.05, 0) is 44.9 Å². The lowest BCUT2D eigenvalue weighted by molar-refractivity contribution is -0.385. The van der Waals surface area contributed by atoms with Gasteiger partial charge < -0.3 is 15.5 Å². The van der Waals surface area contributed by atoms with Crippen LogP contribution in [-0.2, 0) is 4.79 Å². The smallest absolute Gasteiger partial charge is 0.272 e. The van der Waals surface area contributed by atoms with E-state index >= 15 is 0 Å². The van der Waals surface area contributed by atoms with E-state index in [0.717, 1.165) is 19.4 Å². The molecule has 8 nitrogen and oxygen atoms in total. The van der Waals surface area contributed by atoms with E-state index in [-0.39, 0.29) is 17.5 Å². The molecule has 26 heavy (non-hydrogen) atoms. The van der Waals surface area contributed by atoms with Gasteiger partial charge in [0.05, 0.1) is 4.92 Å². The zero-order valence-electron chi connectivity index (χ0n) is 15.3. The minimum atomic E-state index is -0.482. The van der Waals surface area contributed by atoms with Gasteiger partial charge in [-0.3, -0.25) is 19.7 Å². The predicted octanol–water partition coefficient (Wildman–Crippen LogP) is 1.62. The molecule has 0 saturated carbocycles. The average Bonchev–Trinajstić information content (AvgIpc) is 3.10. The van der Waals surface area contributed by atoms with Crippen molar-refractivity contribution in [1.82, 2.24) is 15.5 Å². The number of nitrogens with zero attached hydrogens (tertiary/aromatic N) is 2. The molecule has 0 bridgehead atoms. The van der Waals surface area contributed by atoms with Crippen molar-refractivity contribution in [1.29, 1.82) is 0 Å². The Morgan fingerprint density at radius 1 is 1.31 bits per heavy atom. The SMILES string of the molecule is CCCNCCNC(=O)C1CCCN1C(=O)c1ccc([N+](=O)[O-])c(C)c1. The number of hydrogen-bond donors (Lipinski definition) is 2. The van der Waals surface area contributed by atoms with Crippen LogP contribution < -0.4 is 10.6 Å². The van der Waals surface area contributed by atoms with E-state index in [2.05, 4.69) is 17.6 Å².